The third-order valence-electron chi connectivity index (χ3n) is 6.07. The molecule has 0 aromatic carbocycles. The summed E-state index contributed by atoms with van der Waals surface area (Å²) in [5.41, 5.74) is 1.25. The highest BCUT2D eigenvalue weighted by molar-refractivity contribution is 5.91. The van der Waals surface area contributed by atoms with Gasteiger partial charge in [0.25, 0.3) is 5.56 Å². The van der Waals surface area contributed by atoms with E-state index in [1.54, 1.807) is 10.6 Å². The molecule has 1 saturated carbocycles. The van der Waals surface area contributed by atoms with Crippen molar-refractivity contribution >= 4 is 17.5 Å². The van der Waals surface area contributed by atoms with Crippen LogP contribution in [0.2, 0.25) is 0 Å². The Hall–Kier alpha value is -2.91. The molecule has 1 aliphatic carbocycles. The second-order valence-electron chi connectivity index (χ2n) is 9.02. The van der Waals surface area contributed by atoms with E-state index in [4.69, 9.17) is 9.47 Å². The lowest BCUT2D eigenvalue weighted by molar-refractivity contribution is 0.0689. The minimum Gasteiger partial charge on any atom is -0.477 e. The fraction of sp³-hybridized carbons (Fsp3) is 0.522. The van der Waals surface area contributed by atoms with Gasteiger partial charge in [0.15, 0.2) is 5.82 Å². The quantitative estimate of drug-likeness (QED) is 0.702. The maximum absolute atomic E-state index is 13.4. The van der Waals surface area contributed by atoms with Crippen molar-refractivity contribution in [3.63, 3.8) is 0 Å². The SMILES string of the molecule is CC(C)Oc1nc2c(cc1C(=O)O)CN(C[C@H]1CCOC1)N2c1cccn(C2CC2)c1=O. The Balaban J connectivity index is 1.61. The molecule has 4 heterocycles. The lowest BCUT2D eigenvalue weighted by Crippen LogP contribution is -2.41. The first-order valence-corrected chi connectivity index (χ1v) is 11.2. The molecule has 9 heteroatoms. The molecule has 1 saturated heterocycles. The minimum absolute atomic E-state index is 0.0342. The molecule has 2 aromatic rings. The summed E-state index contributed by atoms with van der Waals surface area (Å²) in [5, 5.41) is 13.7. The first-order chi connectivity index (χ1) is 15.4. The number of hydrogen-bond acceptors (Lipinski definition) is 7. The van der Waals surface area contributed by atoms with Crippen LogP contribution in [0.15, 0.2) is 29.2 Å². The normalized spacial score (nSPS) is 20.7. The van der Waals surface area contributed by atoms with Crippen molar-refractivity contribution in [2.45, 2.75) is 51.8 Å². The van der Waals surface area contributed by atoms with E-state index < -0.39 is 5.97 Å². The van der Waals surface area contributed by atoms with Crippen LogP contribution in [0.1, 0.15) is 55.1 Å². The predicted molar refractivity (Wildman–Crippen MR) is 117 cm³/mol. The third kappa shape index (κ3) is 3.86. The van der Waals surface area contributed by atoms with Crippen LogP contribution in [-0.2, 0) is 11.3 Å². The van der Waals surface area contributed by atoms with Crippen LogP contribution in [-0.4, -0.2) is 51.5 Å². The molecular formula is C23H28N4O5. The second-order valence-corrected chi connectivity index (χ2v) is 9.02. The Morgan fingerprint density at radius 1 is 1.34 bits per heavy atom. The number of carboxylic acid groups (broad SMARTS) is 1. The number of aromatic carboxylic acids is 1. The minimum atomic E-state index is -1.08. The number of carboxylic acids is 1. The van der Waals surface area contributed by atoms with Crippen LogP contribution in [0.5, 0.6) is 5.88 Å². The summed E-state index contributed by atoms with van der Waals surface area (Å²) in [6.45, 7) is 6.23. The van der Waals surface area contributed by atoms with Gasteiger partial charge in [-0.3, -0.25) is 9.80 Å². The van der Waals surface area contributed by atoms with Gasteiger partial charge in [0.05, 0.1) is 12.7 Å². The van der Waals surface area contributed by atoms with Gasteiger partial charge in [-0.1, -0.05) is 0 Å². The number of anilines is 2. The summed E-state index contributed by atoms with van der Waals surface area (Å²) in [4.78, 5) is 29.9. The first kappa shape index (κ1) is 21.0. The Morgan fingerprint density at radius 3 is 2.81 bits per heavy atom. The molecular weight excluding hydrogens is 412 g/mol. The molecule has 0 unspecified atom stereocenters. The zero-order chi connectivity index (χ0) is 22.4. The third-order valence-corrected chi connectivity index (χ3v) is 6.07. The summed E-state index contributed by atoms with van der Waals surface area (Å²) >= 11 is 0. The molecule has 0 amide bonds. The molecule has 9 nitrogen and oxygen atoms in total. The number of fused-ring (bicyclic) bond motifs is 1. The number of pyridine rings is 2. The summed E-state index contributed by atoms with van der Waals surface area (Å²) < 4.78 is 13.1. The second kappa shape index (κ2) is 8.22. The van der Waals surface area contributed by atoms with Crippen LogP contribution in [0.3, 0.4) is 0 Å². The van der Waals surface area contributed by atoms with Crippen LogP contribution >= 0.6 is 0 Å². The van der Waals surface area contributed by atoms with Crippen LogP contribution in [0.4, 0.5) is 11.5 Å². The van der Waals surface area contributed by atoms with E-state index in [-0.39, 0.29) is 29.1 Å². The molecule has 0 bridgehead atoms. The van der Waals surface area contributed by atoms with Gasteiger partial charge in [-0.05, 0) is 57.2 Å². The van der Waals surface area contributed by atoms with Gasteiger partial charge >= 0.3 is 5.97 Å². The number of ether oxygens (including phenoxy) is 2. The van der Waals surface area contributed by atoms with Crippen molar-refractivity contribution in [2.24, 2.45) is 5.92 Å². The van der Waals surface area contributed by atoms with E-state index in [1.165, 1.54) is 0 Å². The van der Waals surface area contributed by atoms with Crippen molar-refractivity contribution in [2.75, 3.05) is 24.8 Å². The molecule has 32 heavy (non-hydrogen) atoms. The van der Waals surface area contributed by atoms with Crippen molar-refractivity contribution in [1.82, 2.24) is 14.6 Å². The highest BCUT2D eigenvalue weighted by Crippen LogP contribution is 2.40. The van der Waals surface area contributed by atoms with Crippen LogP contribution in [0.25, 0.3) is 0 Å². The van der Waals surface area contributed by atoms with Crippen molar-refractivity contribution < 1.29 is 19.4 Å². The van der Waals surface area contributed by atoms with Gasteiger partial charge in [-0.2, -0.15) is 4.98 Å². The fourth-order valence-corrected chi connectivity index (χ4v) is 4.43. The summed E-state index contributed by atoms with van der Waals surface area (Å²) in [6, 6.07) is 5.58. The van der Waals surface area contributed by atoms with E-state index in [0.29, 0.717) is 37.1 Å². The molecule has 0 radical (unpaired) electrons. The number of rotatable bonds is 7. The van der Waals surface area contributed by atoms with E-state index in [1.807, 2.05) is 37.2 Å². The lowest BCUT2D eigenvalue weighted by Gasteiger charge is -2.31. The first-order valence-electron chi connectivity index (χ1n) is 11.2. The Labute approximate surface area is 186 Å². The Kier molecular flexibility index (Phi) is 5.38. The summed E-state index contributed by atoms with van der Waals surface area (Å²) in [5.74, 6) is -0.122. The van der Waals surface area contributed by atoms with Crippen molar-refractivity contribution in [3.05, 3.63) is 45.9 Å². The molecule has 5 rings (SSSR count). The molecule has 2 aromatic heterocycles. The van der Waals surface area contributed by atoms with Gasteiger partial charge in [0.1, 0.15) is 11.3 Å². The summed E-state index contributed by atoms with van der Waals surface area (Å²) in [7, 11) is 0. The molecule has 1 atom stereocenters. The zero-order valence-corrected chi connectivity index (χ0v) is 18.4. The van der Waals surface area contributed by atoms with Crippen molar-refractivity contribution in [1.29, 1.82) is 0 Å². The predicted octanol–water partition coefficient (Wildman–Crippen LogP) is 2.97. The van der Waals surface area contributed by atoms with Gasteiger partial charge in [-0.25, -0.2) is 9.80 Å². The fourth-order valence-electron chi connectivity index (χ4n) is 4.43. The zero-order valence-electron chi connectivity index (χ0n) is 18.4. The number of hydrazine groups is 1. The maximum atomic E-state index is 13.4. The van der Waals surface area contributed by atoms with Gasteiger partial charge in [0.2, 0.25) is 5.88 Å². The maximum Gasteiger partial charge on any atom is 0.341 e. The molecule has 170 valence electrons. The van der Waals surface area contributed by atoms with Crippen molar-refractivity contribution in [3.8, 4) is 5.88 Å². The van der Waals surface area contributed by atoms with E-state index in [2.05, 4.69) is 9.99 Å². The van der Waals surface area contributed by atoms with E-state index >= 15 is 0 Å². The summed E-state index contributed by atoms with van der Waals surface area (Å²) in [6.07, 6.45) is 4.58. The average molecular weight is 441 g/mol. The monoisotopic (exact) mass is 440 g/mol. The van der Waals surface area contributed by atoms with Gasteiger partial charge in [-0.15, -0.1) is 0 Å². The Morgan fingerprint density at radius 2 is 2.16 bits per heavy atom. The lowest BCUT2D eigenvalue weighted by atomic mass is 10.1. The molecule has 3 aliphatic rings. The van der Waals surface area contributed by atoms with E-state index in [9.17, 15) is 14.7 Å². The smallest absolute Gasteiger partial charge is 0.341 e. The van der Waals surface area contributed by atoms with Crippen LogP contribution < -0.4 is 15.3 Å². The average Bonchev–Trinajstić information content (AvgIpc) is 3.35. The molecule has 1 N–H and O–H groups in total. The molecule has 2 fully saturated rings. The highest BCUT2D eigenvalue weighted by Gasteiger charge is 2.37. The number of carbonyl (C=O) groups is 1. The molecule has 0 spiro atoms. The van der Waals surface area contributed by atoms with Crippen LogP contribution in [0, 0.1) is 5.92 Å². The standard InChI is InChI=1S/C23H28N4O5/c1-14(2)32-21-18(23(29)30)10-16-12-25(11-15-7-9-31-13-15)27(20(16)24-21)19-4-3-8-26(22(19)28)17-5-6-17/h3-4,8,10,14-15,17H,5-7,9,11-13H2,1-2H3,(H,29,30)/t15-/m1/s1. The number of nitrogens with zero attached hydrogens (tertiary/aromatic N) is 4. The van der Waals surface area contributed by atoms with Gasteiger partial charge < -0.3 is 19.1 Å². The van der Waals surface area contributed by atoms with E-state index in [0.717, 1.165) is 31.4 Å². The Bertz CT molecular complexity index is 1090. The number of aromatic nitrogens is 2. The van der Waals surface area contributed by atoms with Gasteiger partial charge in [0, 0.05) is 37.5 Å². The topological polar surface area (TPSA) is 97.1 Å². The molecule has 2 aliphatic heterocycles. The highest BCUT2D eigenvalue weighted by atomic mass is 16.5. The number of hydrogen-bond donors (Lipinski definition) is 1. The largest absolute Gasteiger partial charge is 0.477 e.